The van der Waals surface area contributed by atoms with Gasteiger partial charge in [-0.2, -0.15) is 0 Å². The average Bonchev–Trinajstić information content (AvgIpc) is 3.20. The van der Waals surface area contributed by atoms with Gasteiger partial charge in [-0.15, -0.1) is 0 Å². The second kappa shape index (κ2) is 8.26. The fraction of sp³-hybridized carbons (Fsp3) is 0.429. The minimum absolute atomic E-state index is 0.0481. The molecule has 0 saturated heterocycles. The topological polar surface area (TPSA) is 53.7 Å². The first kappa shape index (κ1) is 17.6. The van der Waals surface area contributed by atoms with Gasteiger partial charge in [0.05, 0.1) is 14.2 Å². The summed E-state index contributed by atoms with van der Waals surface area (Å²) in [5.74, 6) is 2.63. The third-order valence-corrected chi connectivity index (χ3v) is 5.02. The van der Waals surface area contributed by atoms with Crippen LogP contribution in [0.4, 0.5) is 0 Å². The predicted molar refractivity (Wildman–Crippen MR) is 99.2 cm³/mol. The quantitative estimate of drug-likeness (QED) is 0.807. The van der Waals surface area contributed by atoms with Crippen LogP contribution < -0.4 is 19.9 Å². The lowest BCUT2D eigenvalue weighted by Crippen LogP contribution is -2.20. The molecule has 1 saturated carbocycles. The fourth-order valence-electron chi connectivity index (χ4n) is 3.57. The smallest absolute Gasteiger partial charge is 0.164 e. The molecular formula is C21H27NO3. The molecule has 0 aromatic heterocycles. The van der Waals surface area contributed by atoms with E-state index in [0.717, 1.165) is 16.9 Å². The van der Waals surface area contributed by atoms with Crippen molar-refractivity contribution in [3.05, 3.63) is 53.6 Å². The number of ether oxygens (including phenoxy) is 3. The van der Waals surface area contributed by atoms with E-state index in [0.29, 0.717) is 24.0 Å². The minimum atomic E-state index is -0.0481. The molecule has 134 valence electrons. The highest BCUT2D eigenvalue weighted by Gasteiger charge is 2.27. The molecule has 1 aliphatic rings. The van der Waals surface area contributed by atoms with Crippen molar-refractivity contribution in [2.75, 3.05) is 14.2 Å². The van der Waals surface area contributed by atoms with Crippen LogP contribution in [-0.2, 0) is 6.61 Å². The van der Waals surface area contributed by atoms with Crippen molar-refractivity contribution in [3.8, 4) is 17.2 Å². The third kappa shape index (κ3) is 4.07. The Hall–Kier alpha value is -2.20. The number of methoxy groups -OCH3 is 2. The van der Waals surface area contributed by atoms with Crippen LogP contribution in [0.15, 0.2) is 42.5 Å². The van der Waals surface area contributed by atoms with Gasteiger partial charge in [0.15, 0.2) is 11.5 Å². The van der Waals surface area contributed by atoms with Gasteiger partial charge in [-0.3, -0.25) is 0 Å². The van der Waals surface area contributed by atoms with E-state index in [4.69, 9.17) is 19.9 Å². The Morgan fingerprint density at radius 3 is 2.24 bits per heavy atom. The Balaban J connectivity index is 1.89. The number of nitrogens with two attached hydrogens (primary N) is 1. The van der Waals surface area contributed by atoms with Gasteiger partial charge < -0.3 is 19.9 Å². The van der Waals surface area contributed by atoms with E-state index in [1.807, 2.05) is 30.3 Å². The monoisotopic (exact) mass is 341 g/mol. The van der Waals surface area contributed by atoms with Crippen molar-refractivity contribution in [3.63, 3.8) is 0 Å². The summed E-state index contributed by atoms with van der Waals surface area (Å²) in [7, 11) is 3.28. The zero-order chi connectivity index (χ0) is 17.6. The number of benzene rings is 2. The second-order valence-corrected chi connectivity index (χ2v) is 6.59. The first-order valence-corrected chi connectivity index (χ1v) is 8.91. The molecule has 1 aliphatic carbocycles. The Kier molecular flexibility index (Phi) is 5.82. The van der Waals surface area contributed by atoms with Gasteiger partial charge in [0.2, 0.25) is 0 Å². The molecule has 2 aromatic carbocycles. The van der Waals surface area contributed by atoms with Crippen LogP contribution in [0.5, 0.6) is 17.2 Å². The molecule has 0 bridgehead atoms. The fourth-order valence-corrected chi connectivity index (χ4v) is 3.57. The molecule has 2 aromatic rings. The van der Waals surface area contributed by atoms with Crippen LogP contribution in [0.2, 0.25) is 0 Å². The van der Waals surface area contributed by atoms with E-state index in [1.165, 1.54) is 25.7 Å². The van der Waals surface area contributed by atoms with Gasteiger partial charge in [0.1, 0.15) is 12.4 Å². The van der Waals surface area contributed by atoms with Crippen LogP contribution in [0.25, 0.3) is 0 Å². The summed E-state index contributed by atoms with van der Waals surface area (Å²) in [5, 5.41) is 0. The molecule has 0 radical (unpaired) electrons. The Labute approximate surface area is 149 Å². The number of hydrogen-bond donors (Lipinski definition) is 1. The maximum Gasteiger partial charge on any atom is 0.164 e. The van der Waals surface area contributed by atoms with Gasteiger partial charge in [0, 0.05) is 17.7 Å². The molecule has 25 heavy (non-hydrogen) atoms. The highest BCUT2D eigenvalue weighted by Crippen LogP contribution is 2.42. The Bertz CT molecular complexity index is 681. The second-order valence-electron chi connectivity index (χ2n) is 6.59. The summed E-state index contributed by atoms with van der Waals surface area (Å²) in [6.45, 7) is 0.501. The summed E-state index contributed by atoms with van der Waals surface area (Å²) in [5.41, 5.74) is 8.73. The van der Waals surface area contributed by atoms with Gasteiger partial charge in [-0.1, -0.05) is 43.2 Å². The zero-order valence-corrected chi connectivity index (χ0v) is 15.0. The molecule has 3 rings (SSSR count). The summed E-state index contributed by atoms with van der Waals surface area (Å²) in [6, 6.07) is 14.0. The molecule has 1 atom stereocenters. The molecular weight excluding hydrogens is 314 g/mol. The van der Waals surface area contributed by atoms with E-state index >= 15 is 0 Å². The largest absolute Gasteiger partial charge is 0.493 e. The normalized spacial score (nSPS) is 15.8. The summed E-state index contributed by atoms with van der Waals surface area (Å²) in [4.78, 5) is 0. The first-order chi connectivity index (χ1) is 12.2. The van der Waals surface area contributed by atoms with E-state index in [2.05, 4.69) is 12.1 Å². The van der Waals surface area contributed by atoms with Gasteiger partial charge in [0.25, 0.3) is 0 Å². The molecule has 0 unspecified atom stereocenters. The van der Waals surface area contributed by atoms with Crippen LogP contribution >= 0.6 is 0 Å². The molecule has 0 heterocycles. The van der Waals surface area contributed by atoms with Crippen LogP contribution in [0.3, 0.4) is 0 Å². The highest BCUT2D eigenvalue weighted by atomic mass is 16.5. The molecule has 1 fully saturated rings. The van der Waals surface area contributed by atoms with Gasteiger partial charge >= 0.3 is 0 Å². The van der Waals surface area contributed by atoms with E-state index in [1.54, 1.807) is 14.2 Å². The van der Waals surface area contributed by atoms with E-state index in [9.17, 15) is 0 Å². The Morgan fingerprint density at radius 1 is 0.960 bits per heavy atom. The lowest BCUT2D eigenvalue weighted by atomic mass is 9.91. The lowest BCUT2D eigenvalue weighted by molar-refractivity contribution is 0.290. The SMILES string of the molecule is COc1cc(OCc2ccccc2)c([C@@H](N)C2CCCC2)cc1OC. The van der Waals surface area contributed by atoms with Gasteiger partial charge in [-0.25, -0.2) is 0 Å². The van der Waals surface area contributed by atoms with Gasteiger partial charge in [-0.05, 0) is 30.4 Å². The molecule has 2 N–H and O–H groups in total. The summed E-state index contributed by atoms with van der Waals surface area (Å²) >= 11 is 0. The summed E-state index contributed by atoms with van der Waals surface area (Å²) in [6.07, 6.45) is 4.86. The maximum absolute atomic E-state index is 6.61. The van der Waals surface area contributed by atoms with Crippen molar-refractivity contribution in [2.45, 2.75) is 38.3 Å². The Morgan fingerprint density at radius 2 is 1.60 bits per heavy atom. The van der Waals surface area contributed by atoms with E-state index < -0.39 is 0 Å². The van der Waals surface area contributed by atoms with E-state index in [-0.39, 0.29) is 6.04 Å². The lowest BCUT2D eigenvalue weighted by Gasteiger charge is -2.24. The van der Waals surface area contributed by atoms with Crippen molar-refractivity contribution in [1.29, 1.82) is 0 Å². The minimum Gasteiger partial charge on any atom is -0.493 e. The molecule has 0 amide bonds. The predicted octanol–water partition coefficient (Wildman–Crippen LogP) is 4.47. The molecule has 4 nitrogen and oxygen atoms in total. The van der Waals surface area contributed by atoms with Crippen molar-refractivity contribution >= 4 is 0 Å². The van der Waals surface area contributed by atoms with Crippen LogP contribution in [0.1, 0.15) is 42.9 Å². The van der Waals surface area contributed by atoms with Crippen LogP contribution in [0, 0.1) is 5.92 Å². The van der Waals surface area contributed by atoms with Crippen molar-refractivity contribution < 1.29 is 14.2 Å². The standard InChI is InChI=1S/C21H27NO3/c1-23-19-12-17(21(22)16-10-6-7-11-16)18(13-20(19)24-2)25-14-15-8-4-3-5-9-15/h3-5,8-9,12-13,16,21H,6-7,10-11,14,22H2,1-2H3/t21-/m0/s1. The molecule has 0 aliphatic heterocycles. The van der Waals surface area contributed by atoms with Crippen LogP contribution in [-0.4, -0.2) is 14.2 Å². The third-order valence-electron chi connectivity index (χ3n) is 5.02. The first-order valence-electron chi connectivity index (χ1n) is 8.91. The number of hydrogen-bond acceptors (Lipinski definition) is 4. The molecule has 4 heteroatoms. The number of rotatable bonds is 7. The average molecular weight is 341 g/mol. The highest BCUT2D eigenvalue weighted by molar-refractivity contribution is 5.52. The zero-order valence-electron chi connectivity index (χ0n) is 15.0. The van der Waals surface area contributed by atoms with Crippen molar-refractivity contribution in [2.24, 2.45) is 11.7 Å². The van der Waals surface area contributed by atoms with Crippen molar-refractivity contribution in [1.82, 2.24) is 0 Å². The summed E-state index contributed by atoms with van der Waals surface area (Å²) < 4.78 is 17.0. The molecule has 0 spiro atoms. The maximum atomic E-state index is 6.61.